The highest BCUT2D eigenvalue weighted by Crippen LogP contribution is 2.23. The Morgan fingerprint density at radius 3 is 2.53 bits per heavy atom. The molecule has 1 aliphatic heterocycles. The number of likely N-dealkylation sites (tertiary alicyclic amines) is 1. The molecule has 1 aromatic carbocycles. The fraction of sp³-hybridized carbons (Fsp3) is 0.370. The fourth-order valence-corrected chi connectivity index (χ4v) is 4.13. The van der Waals surface area contributed by atoms with Gasteiger partial charge in [-0.2, -0.15) is 0 Å². The second kappa shape index (κ2) is 12.1. The first-order valence-electron chi connectivity index (χ1n) is 11.9. The molecule has 2 aromatic rings. The van der Waals surface area contributed by atoms with Crippen LogP contribution in [0.1, 0.15) is 40.6 Å². The average Bonchev–Trinajstić information content (AvgIpc) is 2.86. The van der Waals surface area contributed by atoms with E-state index in [9.17, 15) is 0 Å². The van der Waals surface area contributed by atoms with Gasteiger partial charge in [0.2, 0.25) is 0 Å². The topological polar surface area (TPSA) is 105 Å². The van der Waals surface area contributed by atoms with Crippen molar-refractivity contribution >= 4 is 34.6 Å². The molecular weight excluding hydrogens is 422 g/mol. The van der Waals surface area contributed by atoms with E-state index < -0.39 is 0 Å². The summed E-state index contributed by atoms with van der Waals surface area (Å²) in [7, 11) is 1.73. The predicted octanol–water partition coefficient (Wildman–Crippen LogP) is 4.58. The molecule has 0 saturated carbocycles. The molecule has 0 spiro atoms. The first-order chi connectivity index (χ1) is 16.5. The van der Waals surface area contributed by atoms with Crippen LogP contribution in [0.4, 0.5) is 5.82 Å². The normalized spacial score (nSPS) is 17.5. The van der Waals surface area contributed by atoms with Gasteiger partial charge in [0.1, 0.15) is 5.82 Å². The molecule has 0 bridgehead atoms. The Bertz CT molecular complexity index is 1120. The van der Waals surface area contributed by atoms with E-state index in [1.54, 1.807) is 25.7 Å². The number of aromatic nitrogens is 1. The van der Waals surface area contributed by atoms with E-state index >= 15 is 0 Å². The lowest BCUT2D eigenvalue weighted by atomic mass is 10.0. The van der Waals surface area contributed by atoms with Gasteiger partial charge in [-0.15, -0.1) is 0 Å². The number of nitrogens with one attached hydrogen (secondary N) is 1. The molecule has 3 rings (SSSR count). The molecule has 34 heavy (non-hydrogen) atoms. The summed E-state index contributed by atoms with van der Waals surface area (Å²) in [5.74, 6) is 0.734. The molecule has 1 aliphatic rings. The molecule has 0 unspecified atom stereocenters. The van der Waals surface area contributed by atoms with Crippen molar-refractivity contribution in [1.29, 1.82) is 0 Å². The number of pyridine rings is 1. The maximum atomic E-state index is 5.97. The van der Waals surface area contributed by atoms with Gasteiger partial charge in [-0.05, 0) is 56.7 Å². The van der Waals surface area contributed by atoms with E-state index in [0.29, 0.717) is 12.1 Å². The predicted molar refractivity (Wildman–Crippen MR) is 148 cm³/mol. The van der Waals surface area contributed by atoms with Gasteiger partial charge >= 0.3 is 0 Å². The lowest BCUT2D eigenvalue weighted by Crippen LogP contribution is -2.39. The van der Waals surface area contributed by atoms with Crippen LogP contribution in [0, 0.1) is 0 Å². The number of nitrogens with two attached hydrogens (primary N) is 2. The van der Waals surface area contributed by atoms with E-state index in [0.717, 1.165) is 64.9 Å². The van der Waals surface area contributed by atoms with Gasteiger partial charge in [0, 0.05) is 80.9 Å². The van der Waals surface area contributed by atoms with Crippen LogP contribution in [0.2, 0.25) is 0 Å². The smallest absolute Gasteiger partial charge is 0.130 e. The highest BCUT2D eigenvalue weighted by molar-refractivity contribution is 6.10. The molecule has 2 heterocycles. The molecular formula is C27H39N7. The van der Waals surface area contributed by atoms with Crippen molar-refractivity contribution in [1.82, 2.24) is 9.88 Å². The van der Waals surface area contributed by atoms with Crippen LogP contribution in [0.15, 0.2) is 70.2 Å². The summed E-state index contributed by atoms with van der Waals surface area (Å²) in [6.07, 6.45) is 12.8. The first-order valence-corrected chi connectivity index (χ1v) is 11.9. The highest BCUT2D eigenvalue weighted by Gasteiger charge is 2.19. The Kier molecular flexibility index (Phi) is 8.99. The van der Waals surface area contributed by atoms with Crippen molar-refractivity contribution in [2.24, 2.45) is 21.5 Å². The third-order valence-electron chi connectivity index (χ3n) is 6.20. The lowest BCUT2D eigenvalue weighted by molar-refractivity contribution is 0.173. The van der Waals surface area contributed by atoms with Gasteiger partial charge in [-0.25, -0.2) is 4.98 Å². The van der Waals surface area contributed by atoms with Crippen LogP contribution in [-0.2, 0) is 0 Å². The summed E-state index contributed by atoms with van der Waals surface area (Å²) in [5, 5.41) is 5.51. The Morgan fingerprint density at radius 1 is 1.15 bits per heavy atom. The zero-order valence-electron chi connectivity index (χ0n) is 20.7. The number of hydrogen-bond donors (Lipinski definition) is 3. The summed E-state index contributed by atoms with van der Waals surface area (Å²) < 4.78 is 0. The van der Waals surface area contributed by atoms with Crippen molar-refractivity contribution in [2.45, 2.75) is 45.7 Å². The van der Waals surface area contributed by atoms with Gasteiger partial charge in [-0.3, -0.25) is 9.98 Å². The number of allylic oxidation sites excluding steroid dienone is 3. The van der Waals surface area contributed by atoms with Crippen LogP contribution in [0.25, 0.3) is 16.3 Å². The van der Waals surface area contributed by atoms with Gasteiger partial charge in [-0.1, -0.05) is 18.2 Å². The SMILES string of the molecule is C/C=C(Nc1cc2cc(/C(C=NC)=C/N)ccc2cn1)/C(C=NC1CCN(C(C)C)CC1)=C/N.[HH]. The third kappa shape index (κ3) is 6.32. The zero-order valence-corrected chi connectivity index (χ0v) is 20.7. The summed E-state index contributed by atoms with van der Waals surface area (Å²) >= 11 is 0. The van der Waals surface area contributed by atoms with Crippen LogP contribution >= 0.6 is 0 Å². The summed E-state index contributed by atoms with van der Waals surface area (Å²) in [4.78, 5) is 16.0. The second-order valence-electron chi connectivity index (χ2n) is 8.73. The fourth-order valence-electron chi connectivity index (χ4n) is 4.13. The van der Waals surface area contributed by atoms with Gasteiger partial charge < -0.3 is 21.7 Å². The third-order valence-corrected chi connectivity index (χ3v) is 6.20. The van der Waals surface area contributed by atoms with Crippen LogP contribution in [-0.4, -0.2) is 54.5 Å². The number of rotatable bonds is 8. The van der Waals surface area contributed by atoms with E-state index in [-0.39, 0.29) is 1.43 Å². The van der Waals surface area contributed by atoms with Crippen LogP contribution in [0.5, 0.6) is 0 Å². The van der Waals surface area contributed by atoms with Crippen molar-refractivity contribution in [3.8, 4) is 0 Å². The number of hydrogen-bond acceptors (Lipinski definition) is 7. The first kappa shape index (κ1) is 25.2. The quantitative estimate of drug-likeness (QED) is 0.394. The number of piperidine rings is 1. The molecule has 0 radical (unpaired) electrons. The molecule has 7 heteroatoms. The molecule has 0 aliphatic carbocycles. The summed E-state index contributed by atoms with van der Waals surface area (Å²) in [6, 6.07) is 9.08. The van der Waals surface area contributed by atoms with Gasteiger partial charge in [0.05, 0.1) is 6.04 Å². The Hall–Kier alpha value is -3.45. The Labute approximate surface area is 204 Å². The number of nitrogens with zero attached hydrogens (tertiary/aromatic N) is 4. The minimum absolute atomic E-state index is 0. The maximum absolute atomic E-state index is 5.97. The van der Waals surface area contributed by atoms with E-state index in [1.165, 1.54) is 0 Å². The zero-order chi connectivity index (χ0) is 24.5. The molecule has 0 amide bonds. The Morgan fingerprint density at radius 2 is 1.91 bits per heavy atom. The molecule has 0 atom stereocenters. The minimum Gasteiger partial charge on any atom is -0.404 e. The average molecular weight is 462 g/mol. The second-order valence-corrected chi connectivity index (χ2v) is 8.73. The highest BCUT2D eigenvalue weighted by atomic mass is 15.2. The summed E-state index contributed by atoms with van der Waals surface area (Å²) in [5.41, 5.74) is 15.3. The number of fused-ring (bicyclic) bond motifs is 1. The molecule has 1 aromatic heterocycles. The van der Waals surface area contributed by atoms with E-state index in [2.05, 4.69) is 40.1 Å². The van der Waals surface area contributed by atoms with Crippen molar-refractivity contribution in [3.05, 3.63) is 65.8 Å². The molecule has 1 fully saturated rings. The van der Waals surface area contributed by atoms with Crippen molar-refractivity contribution < 1.29 is 1.43 Å². The molecule has 182 valence electrons. The van der Waals surface area contributed by atoms with Crippen molar-refractivity contribution in [2.75, 3.05) is 25.5 Å². The largest absolute Gasteiger partial charge is 0.404 e. The number of aliphatic imine (C=N–C) groups is 2. The van der Waals surface area contributed by atoms with Gasteiger partial charge in [0.15, 0.2) is 0 Å². The van der Waals surface area contributed by atoms with Crippen molar-refractivity contribution in [3.63, 3.8) is 0 Å². The van der Waals surface area contributed by atoms with Gasteiger partial charge in [0.25, 0.3) is 0 Å². The Balaban J connectivity index is 0.00000432. The standard InChI is InChI=1S/C27H37N7.H2/c1-5-26(24(15-29)18-31-25-8-10-34(11-9-25)19(2)3)33-27-13-22-12-20(23(14-28)16-30-4)6-7-21(22)17-32-27;/h5-7,12-19,25H,8-11,28-29H2,1-4H3,(H,32,33);1H/b23-14+,24-15+,26-5-,30-16?,31-18?;. The monoisotopic (exact) mass is 461 g/mol. The maximum Gasteiger partial charge on any atom is 0.130 e. The van der Waals surface area contributed by atoms with E-state index in [4.69, 9.17) is 16.5 Å². The minimum atomic E-state index is 0. The summed E-state index contributed by atoms with van der Waals surface area (Å²) in [6.45, 7) is 8.65. The molecule has 7 nitrogen and oxygen atoms in total. The van der Waals surface area contributed by atoms with Crippen LogP contribution in [0.3, 0.4) is 0 Å². The molecule has 5 N–H and O–H groups in total. The lowest BCUT2D eigenvalue weighted by Gasteiger charge is -2.33. The number of benzene rings is 1. The number of anilines is 1. The van der Waals surface area contributed by atoms with Crippen LogP contribution < -0.4 is 16.8 Å². The van der Waals surface area contributed by atoms with E-state index in [1.807, 2.05) is 43.6 Å². The molecule has 1 saturated heterocycles.